The highest BCUT2D eigenvalue weighted by molar-refractivity contribution is 5.92. The zero-order chi connectivity index (χ0) is 16.6. The van der Waals surface area contributed by atoms with E-state index in [1.807, 2.05) is 18.2 Å². The third kappa shape index (κ3) is 4.78. The molecule has 1 fully saturated rings. The predicted molar refractivity (Wildman–Crippen MR) is 95.0 cm³/mol. The molecule has 1 amide bonds. The molecule has 0 unspecified atom stereocenters. The number of benzene rings is 1. The fourth-order valence-electron chi connectivity index (χ4n) is 3.07. The van der Waals surface area contributed by atoms with Crippen LogP contribution in [-0.4, -0.2) is 28.5 Å². The van der Waals surface area contributed by atoms with Gasteiger partial charge < -0.3 is 10.6 Å². The molecule has 126 valence electrons. The van der Waals surface area contributed by atoms with E-state index in [9.17, 15) is 4.79 Å². The minimum atomic E-state index is -0.153. The highest BCUT2D eigenvalue weighted by Crippen LogP contribution is 2.20. The van der Waals surface area contributed by atoms with Crippen LogP contribution in [0.4, 0.5) is 5.82 Å². The predicted octanol–water partition coefficient (Wildman–Crippen LogP) is 3.19. The summed E-state index contributed by atoms with van der Waals surface area (Å²) in [6.07, 6.45) is 8.44. The van der Waals surface area contributed by atoms with E-state index in [0.717, 1.165) is 12.2 Å². The Balaban J connectivity index is 1.51. The van der Waals surface area contributed by atoms with Crippen molar-refractivity contribution in [3.63, 3.8) is 0 Å². The van der Waals surface area contributed by atoms with Crippen molar-refractivity contribution in [3.05, 3.63) is 54.0 Å². The van der Waals surface area contributed by atoms with Crippen LogP contribution < -0.4 is 10.6 Å². The number of nitrogens with one attached hydrogen (secondary N) is 2. The molecule has 0 saturated heterocycles. The molecular weight excluding hydrogens is 300 g/mol. The highest BCUT2D eigenvalue weighted by atomic mass is 16.1. The van der Waals surface area contributed by atoms with Crippen molar-refractivity contribution < 1.29 is 4.79 Å². The summed E-state index contributed by atoms with van der Waals surface area (Å²) in [6, 6.07) is 12.3. The molecule has 5 nitrogen and oxygen atoms in total. The number of carbonyl (C=O) groups excluding carboxylic acids is 1. The Morgan fingerprint density at radius 1 is 1.08 bits per heavy atom. The average Bonchev–Trinajstić information content (AvgIpc) is 2.64. The topological polar surface area (TPSA) is 66.9 Å². The van der Waals surface area contributed by atoms with Crippen molar-refractivity contribution in [2.45, 2.75) is 44.6 Å². The van der Waals surface area contributed by atoms with E-state index in [2.05, 4.69) is 32.7 Å². The molecule has 2 N–H and O–H groups in total. The van der Waals surface area contributed by atoms with E-state index in [4.69, 9.17) is 0 Å². The van der Waals surface area contributed by atoms with E-state index < -0.39 is 0 Å². The van der Waals surface area contributed by atoms with Crippen molar-refractivity contribution in [2.75, 3.05) is 11.9 Å². The van der Waals surface area contributed by atoms with Gasteiger partial charge in [0.05, 0.1) is 0 Å². The molecular formula is C19H24N4O. The molecule has 0 atom stereocenters. The van der Waals surface area contributed by atoms with Crippen molar-refractivity contribution in [2.24, 2.45) is 0 Å². The number of rotatable bonds is 6. The second kappa shape index (κ2) is 8.43. The number of carbonyl (C=O) groups is 1. The summed E-state index contributed by atoms with van der Waals surface area (Å²) in [5, 5.41) is 6.35. The fraction of sp³-hybridized carbons (Fsp3) is 0.421. The van der Waals surface area contributed by atoms with Crippen LogP contribution >= 0.6 is 0 Å². The van der Waals surface area contributed by atoms with E-state index in [0.29, 0.717) is 18.3 Å². The van der Waals surface area contributed by atoms with Crippen molar-refractivity contribution >= 4 is 11.7 Å². The average molecular weight is 324 g/mol. The van der Waals surface area contributed by atoms with Crippen LogP contribution in [0.25, 0.3) is 0 Å². The lowest BCUT2D eigenvalue weighted by molar-refractivity contribution is 0.0949. The molecule has 1 aliphatic rings. The molecule has 24 heavy (non-hydrogen) atoms. The molecule has 1 aromatic heterocycles. The van der Waals surface area contributed by atoms with E-state index in [1.54, 1.807) is 6.07 Å². The summed E-state index contributed by atoms with van der Waals surface area (Å²) in [5.74, 6) is 0.588. The maximum Gasteiger partial charge on any atom is 0.270 e. The largest absolute Gasteiger partial charge is 0.367 e. The van der Waals surface area contributed by atoms with Crippen molar-refractivity contribution in [1.82, 2.24) is 15.3 Å². The van der Waals surface area contributed by atoms with E-state index >= 15 is 0 Å². The molecule has 0 radical (unpaired) electrons. The molecule has 1 saturated carbocycles. The van der Waals surface area contributed by atoms with Gasteiger partial charge in [-0.15, -0.1) is 0 Å². The molecule has 0 bridgehead atoms. The van der Waals surface area contributed by atoms with Gasteiger partial charge in [-0.2, -0.15) is 0 Å². The van der Waals surface area contributed by atoms with Crippen LogP contribution in [-0.2, 0) is 6.42 Å². The van der Waals surface area contributed by atoms with Crippen LogP contribution in [0.5, 0.6) is 0 Å². The summed E-state index contributed by atoms with van der Waals surface area (Å²) in [5.41, 5.74) is 1.62. The summed E-state index contributed by atoms with van der Waals surface area (Å²) >= 11 is 0. The number of anilines is 1. The smallest absolute Gasteiger partial charge is 0.270 e. The van der Waals surface area contributed by atoms with Gasteiger partial charge in [-0.1, -0.05) is 49.6 Å². The maximum absolute atomic E-state index is 12.3. The lowest BCUT2D eigenvalue weighted by atomic mass is 9.95. The monoisotopic (exact) mass is 324 g/mol. The van der Waals surface area contributed by atoms with Gasteiger partial charge in [0.2, 0.25) is 0 Å². The van der Waals surface area contributed by atoms with Crippen LogP contribution in [0.15, 0.2) is 42.7 Å². The van der Waals surface area contributed by atoms with Crippen LogP contribution in [0.2, 0.25) is 0 Å². The Labute approximate surface area is 142 Å². The number of aromatic nitrogens is 2. The number of amides is 1. The molecule has 0 aliphatic heterocycles. The second-order valence-corrected chi connectivity index (χ2v) is 6.26. The fourth-order valence-corrected chi connectivity index (χ4v) is 3.07. The van der Waals surface area contributed by atoms with Crippen LogP contribution in [0, 0.1) is 0 Å². The standard InChI is InChI=1S/C19H24N4O/c24-19(20-12-11-15-7-3-1-4-8-15)17-13-18(22-14-21-17)23-16-9-5-2-6-10-16/h1,3-4,7-8,13-14,16H,2,5-6,9-12H2,(H,20,24)(H,21,22,23). The Morgan fingerprint density at radius 2 is 1.88 bits per heavy atom. The van der Waals surface area contributed by atoms with Gasteiger partial charge >= 0.3 is 0 Å². The molecule has 5 heteroatoms. The number of nitrogens with zero attached hydrogens (tertiary/aromatic N) is 2. The minimum absolute atomic E-state index is 0.153. The summed E-state index contributed by atoms with van der Waals surface area (Å²) in [6.45, 7) is 0.595. The Kier molecular flexibility index (Phi) is 5.77. The Morgan fingerprint density at radius 3 is 2.67 bits per heavy atom. The molecule has 2 aromatic rings. The SMILES string of the molecule is O=C(NCCc1ccccc1)c1cc(NC2CCCCC2)ncn1. The zero-order valence-corrected chi connectivity index (χ0v) is 13.9. The molecule has 1 heterocycles. The quantitative estimate of drug-likeness (QED) is 0.856. The van der Waals surface area contributed by atoms with Gasteiger partial charge in [0.25, 0.3) is 5.91 Å². The summed E-state index contributed by atoms with van der Waals surface area (Å²) < 4.78 is 0. The Bertz CT molecular complexity index is 653. The third-order valence-corrected chi connectivity index (χ3v) is 4.40. The van der Waals surface area contributed by atoms with Crippen molar-refractivity contribution in [1.29, 1.82) is 0 Å². The van der Waals surface area contributed by atoms with Crippen molar-refractivity contribution in [3.8, 4) is 0 Å². The first-order chi connectivity index (χ1) is 11.8. The van der Waals surface area contributed by atoms with Gasteiger partial charge in [-0.25, -0.2) is 9.97 Å². The Hall–Kier alpha value is -2.43. The molecule has 1 aromatic carbocycles. The molecule has 0 spiro atoms. The minimum Gasteiger partial charge on any atom is -0.367 e. The van der Waals surface area contributed by atoms with Crippen LogP contribution in [0.1, 0.15) is 48.2 Å². The highest BCUT2D eigenvalue weighted by Gasteiger charge is 2.15. The van der Waals surface area contributed by atoms with E-state index in [1.165, 1.54) is 44.0 Å². The van der Waals surface area contributed by atoms with E-state index in [-0.39, 0.29) is 5.91 Å². The normalized spacial score (nSPS) is 15.0. The molecule has 1 aliphatic carbocycles. The van der Waals surface area contributed by atoms with Gasteiger partial charge in [-0.3, -0.25) is 4.79 Å². The summed E-state index contributed by atoms with van der Waals surface area (Å²) in [4.78, 5) is 20.6. The van der Waals surface area contributed by atoms with Gasteiger partial charge in [0.15, 0.2) is 0 Å². The third-order valence-electron chi connectivity index (χ3n) is 4.40. The first-order valence-electron chi connectivity index (χ1n) is 8.72. The lowest BCUT2D eigenvalue weighted by Gasteiger charge is -2.23. The lowest BCUT2D eigenvalue weighted by Crippen LogP contribution is -2.27. The summed E-state index contributed by atoms with van der Waals surface area (Å²) in [7, 11) is 0. The molecule has 3 rings (SSSR count). The first kappa shape index (κ1) is 16.4. The zero-order valence-electron chi connectivity index (χ0n) is 13.9. The van der Waals surface area contributed by atoms with Crippen LogP contribution in [0.3, 0.4) is 0 Å². The second-order valence-electron chi connectivity index (χ2n) is 6.26. The number of hydrogen-bond donors (Lipinski definition) is 2. The maximum atomic E-state index is 12.3. The first-order valence-corrected chi connectivity index (χ1v) is 8.72. The van der Waals surface area contributed by atoms with Gasteiger partial charge in [0, 0.05) is 18.7 Å². The number of hydrogen-bond acceptors (Lipinski definition) is 4. The van der Waals surface area contributed by atoms with Gasteiger partial charge in [-0.05, 0) is 24.8 Å². The van der Waals surface area contributed by atoms with Gasteiger partial charge in [0.1, 0.15) is 17.8 Å².